The van der Waals surface area contributed by atoms with Crippen LogP contribution in [0.1, 0.15) is 11.1 Å². The van der Waals surface area contributed by atoms with E-state index in [1.807, 2.05) is 22.8 Å². The number of nitrogen functional groups attached to an aromatic ring is 1. The van der Waals surface area contributed by atoms with E-state index in [4.69, 9.17) is 10.5 Å². The van der Waals surface area contributed by atoms with Crippen molar-refractivity contribution in [3.63, 3.8) is 0 Å². The molecule has 0 saturated heterocycles. The second-order valence-electron chi connectivity index (χ2n) is 5.17. The Morgan fingerprint density at radius 1 is 1.19 bits per heavy atom. The molecule has 0 amide bonds. The number of benzene rings is 2. The monoisotopic (exact) mass is 281 g/mol. The number of ether oxygens (including phenoxy) is 1. The molecule has 3 rings (SSSR count). The standard InChI is InChI=1S/C17H19N3O/c1-12-7-8-14-16(11-12)20(17(18)19-14)15-6-4-3-5-13(15)9-10-21-2/h3-8,11H,9-10H2,1-2H3,(H2,18,19). The van der Waals surface area contributed by atoms with Crippen molar-refractivity contribution in [1.82, 2.24) is 9.55 Å². The van der Waals surface area contributed by atoms with E-state index in [0.29, 0.717) is 12.6 Å². The average Bonchev–Trinajstić information content (AvgIpc) is 2.80. The summed E-state index contributed by atoms with van der Waals surface area (Å²) >= 11 is 0. The van der Waals surface area contributed by atoms with Gasteiger partial charge in [0.25, 0.3) is 0 Å². The SMILES string of the molecule is COCCc1ccccc1-n1c(N)nc2ccc(C)cc21. The first-order valence-electron chi connectivity index (χ1n) is 7.02. The van der Waals surface area contributed by atoms with E-state index in [9.17, 15) is 0 Å². The summed E-state index contributed by atoms with van der Waals surface area (Å²) in [6.45, 7) is 2.76. The number of methoxy groups -OCH3 is 1. The molecule has 0 aliphatic carbocycles. The number of aromatic nitrogens is 2. The molecular weight excluding hydrogens is 262 g/mol. The van der Waals surface area contributed by atoms with Gasteiger partial charge in [-0.15, -0.1) is 0 Å². The summed E-state index contributed by atoms with van der Waals surface area (Å²) in [7, 11) is 1.72. The molecule has 4 heteroatoms. The van der Waals surface area contributed by atoms with Crippen LogP contribution in [-0.2, 0) is 11.2 Å². The molecule has 3 aromatic rings. The van der Waals surface area contributed by atoms with Gasteiger partial charge in [0.2, 0.25) is 5.95 Å². The van der Waals surface area contributed by atoms with E-state index in [-0.39, 0.29) is 0 Å². The Hall–Kier alpha value is -2.33. The molecule has 0 saturated carbocycles. The zero-order valence-corrected chi connectivity index (χ0v) is 12.3. The molecule has 108 valence electrons. The zero-order chi connectivity index (χ0) is 14.8. The molecule has 0 spiro atoms. The second kappa shape index (κ2) is 5.58. The van der Waals surface area contributed by atoms with E-state index >= 15 is 0 Å². The van der Waals surface area contributed by atoms with Gasteiger partial charge in [0.1, 0.15) is 0 Å². The first kappa shape index (κ1) is 13.6. The Morgan fingerprint density at radius 2 is 2.00 bits per heavy atom. The van der Waals surface area contributed by atoms with Gasteiger partial charge >= 0.3 is 0 Å². The highest BCUT2D eigenvalue weighted by atomic mass is 16.5. The van der Waals surface area contributed by atoms with Crippen LogP contribution in [0, 0.1) is 6.92 Å². The van der Waals surface area contributed by atoms with Crippen LogP contribution >= 0.6 is 0 Å². The van der Waals surface area contributed by atoms with Gasteiger partial charge in [0, 0.05) is 7.11 Å². The van der Waals surface area contributed by atoms with Gasteiger partial charge in [0.05, 0.1) is 23.3 Å². The van der Waals surface area contributed by atoms with E-state index < -0.39 is 0 Å². The number of rotatable bonds is 4. The van der Waals surface area contributed by atoms with Gasteiger partial charge in [0.15, 0.2) is 0 Å². The normalized spacial score (nSPS) is 11.1. The third-order valence-electron chi connectivity index (χ3n) is 3.64. The molecule has 0 aliphatic rings. The summed E-state index contributed by atoms with van der Waals surface area (Å²) < 4.78 is 7.22. The third-order valence-corrected chi connectivity index (χ3v) is 3.64. The van der Waals surface area contributed by atoms with Crippen molar-refractivity contribution in [3.8, 4) is 5.69 Å². The summed E-state index contributed by atoms with van der Waals surface area (Å²) in [5.74, 6) is 0.514. The molecule has 0 fully saturated rings. The Morgan fingerprint density at radius 3 is 2.81 bits per heavy atom. The third kappa shape index (κ3) is 2.50. The van der Waals surface area contributed by atoms with E-state index in [0.717, 1.165) is 23.1 Å². The lowest BCUT2D eigenvalue weighted by Gasteiger charge is -2.12. The van der Waals surface area contributed by atoms with Crippen molar-refractivity contribution in [2.75, 3.05) is 19.5 Å². The molecule has 0 unspecified atom stereocenters. The number of aryl methyl sites for hydroxylation is 1. The Kier molecular flexibility index (Phi) is 3.62. The molecule has 0 radical (unpaired) electrons. The lowest BCUT2D eigenvalue weighted by molar-refractivity contribution is 0.202. The molecule has 0 bridgehead atoms. The molecule has 1 heterocycles. The minimum atomic E-state index is 0.514. The summed E-state index contributed by atoms with van der Waals surface area (Å²) in [5.41, 5.74) is 11.6. The van der Waals surface area contributed by atoms with Gasteiger partial charge in [-0.05, 0) is 42.7 Å². The highest BCUT2D eigenvalue weighted by molar-refractivity contribution is 5.81. The van der Waals surface area contributed by atoms with Crippen molar-refractivity contribution in [1.29, 1.82) is 0 Å². The summed E-state index contributed by atoms with van der Waals surface area (Å²) in [6, 6.07) is 14.4. The summed E-state index contributed by atoms with van der Waals surface area (Å²) in [5, 5.41) is 0. The number of hydrogen-bond donors (Lipinski definition) is 1. The van der Waals surface area contributed by atoms with Gasteiger partial charge in [-0.2, -0.15) is 0 Å². The Labute approximate surface area is 124 Å². The molecule has 1 aromatic heterocycles. The highest BCUT2D eigenvalue weighted by Crippen LogP contribution is 2.26. The average molecular weight is 281 g/mol. The fourth-order valence-electron chi connectivity index (χ4n) is 2.61. The second-order valence-corrected chi connectivity index (χ2v) is 5.17. The van der Waals surface area contributed by atoms with Gasteiger partial charge in [-0.25, -0.2) is 4.98 Å². The fourth-order valence-corrected chi connectivity index (χ4v) is 2.61. The minimum Gasteiger partial charge on any atom is -0.384 e. The lowest BCUT2D eigenvalue weighted by atomic mass is 10.1. The molecule has 0 atom stereocenters. The first-order valence-corrected chi connectivity index (χ1v) is 7.02. The van der Waals surface area contributed by atoms with Crippen molar-refractivity contribution in [2.45, 2.75) is 13.3 Å². The molecule has 2 N–H and O–H groups in total. The maximum atomic E-state index is 6.15. The number of para-hydroxylation sites is 1. The van der Waals surface area contributed by atoms with Gasteiger partial charge in [-0.1, -0.05) is 24.3 Å². The maximum absolute atomic E-state index is 6.15. The van der Waals surface area contributed by atoms with Crippen LogP contribution in [0.15, 0.2) is 42.5 Å². The fraction of sp³-hybridized carbons (Fsp3) is 0.235. The maximum Gasteiger partial charge on any atom is 0.205 e. The van der Waals surface area contributed by atoms with Crippen molar-refractivity contribution >= 4 is 17.0 Å². The largest absolute Gasteiger partial charge is 0.384 e. The molecular formula is C17H19N3O. The van der Waals surface area contributed by atoms with E-state index in [1.165, 1.54) is 11.1 Å². The van der Waals surface area contributed by atoms with Crippen LogP contribution in [0.2, 0.25) is 0 Å². The molecule has 0 aliphatic heterocycles. The van der Waals surface area contributed by atoms with Crippen LogP contribution in [0.4, 0.5) is 5.95 Å². The number of imidazole rings is 1. The summed E-state index contributed by atoms with van der Waals surface area (Å²) in [4.78, 5) is 4.46. The van der Waals surface area contributed by atoms with Gasteiger partial charge < -0.3 is 10.5 Å². The topological polar surface area (TPSA) is 53.1 Å². The van der Waals surface area contributed by atoms with Crippen LogP contribution < -0.4 is 5.73 Å². The van der Waals surface area contributed by atoms with Crippen molar-refractivity contribution < 1.29 is 4.74 Å². The van der Waals surface area contributed by atoms with Crippen molar-refractivity contribution in [2.24, 2.45) is 0 Å². The zero-order valence-electron chi connectivity index (χ0n) is 12.3. The summed E-state index contributed by atoms with van der Waals surface area (Å²) in [6.07, 6.45) is 0.845. The number of nitrogens with zero attached hydrogens (tertiary/aromatic N) is 2. The Balaban J connectivity index is 2.20. The van der Waals surface area contributed by atoms with E-state index in [2.05, 4.69) is 36.2 Å². The molecule has 21 heavy (non-hydrogen) atoms. The number of fused-ring (bicyclic) bond motifs is 1. The number of anilines is 1. The van der Waals surface area contributed by atoms with Crippen LogP contribution in [-0.4, -0.2) is 23.3 Å². The van der Waals surface area contributed by atoms with Gasteiger partial charge in [-0.3, -0.25) is 4.57 Å². The first-order chi connectivity index (χ1) is 10.2. The molecule has 4 nitrogen and oxygen atoms in total. The predicted octanol–water partition coefficient (Wildman–Crippen LogP) is 3.11. The number of hydrogen-bond acceptors (Lipinski definition) is 3. The van der Waals surface area contributed by atoms with Crippen LogP contribution in [0.25, 0.3) is 16.7 Å². The number of nitrogens with two attached hydrogens (primary N) is 1. The predicted molar refractivity (Wildman–Crippen MR) is 85.8 cm³/mol. The lowest BCUT2D eigenvalue weighted by Crippen LogP contribution is -2.05. The highest BCUT2D eigenvalue weighted by Gasteiger charge is 2.12. The van der Waals surface area contributed by atoms with Crippen LogP contribution in [0.5, 0.6) is 0 Å². The smallest absolute Gasteiger partial charge is 0.205 e. The quantitative estimate of drug-likeness (QED) is 0.799. The Bertz CT molecular complexity index is 777. The van der Waals surface area contributed by atoms with Crippen LogP contribution in [0.3, 0.4) is 0 Å². The minimum absolute atomic E-state index is 0.514. The van der Waals surface area contributed by atoms with Crippen molar-refractivity contribution in [3.05, 3.63) is 53.6 Å². The molecule has 2 aromatic carbocycles. The van der Waals surface area contributed by atoms with E-state index in [1.54, 1.807) is 7.11 Å².